The second kappa shape index (κ2) is 5.21. The summed E-state index contributed by atoms with van der Waals surface area (Å²) in [5.41, 5.74) is 7.41. The van der Waals surface area contributed by atoms with Crippen LogP contribution in [0.5, 0.6) is 5.75 Å². The van der Waals surface area contributed by atoms with Crippen molar-refractivity contribution in [3.63, 3.8) is 0 Å². The van der Waals surface area contributed by atoms with Gasteiger partial charge in [0, 0.05) is 6.42 Å². The van der Waals surface area contributed by atoms with Crippen LogP contribution < -0.4 is 10.5 Å². The average molecular weight is 270 g/mol. The number of nitrogens with zero attached hydrogens (tertiary/aromatic N) is 1. The summed E-state index contributed by atoms with van der Waals surface area (Å²) < 4.78 is 10.9. The number of hydrogen-bond donors (Lipinski definition) is 1. The highest BCUT2D eigenvalue weighted by Gasteiger charge is 2.24. The fourth-order valence-corrected chi connectivity index (χ4v) is 2.12. The lowest BCUT2D eigenvalue weighted by atomic mass is 10.1. The quantitative estimate of drug-likeness (QED) is 0.861. The molecular weight excluding hydrogens is 256 g/mol. The number of carbonyl (C=O) groups excluding carboxylic acids is 1. The van der Waals surface area contributed by atoms with Gasteiger partial charge in [0.15, 0.2) is 0 Å². The maximum atomic E-state index is 11.8. The van der Waals surface area contributed by atoms with Crippen LogP contribution in [0.1, 0.15) is 16.1 Å². The van der Waals surface area contributed by atoms with Gasteiger partial charge in [0.05, 0.1) is 11.9 Å². The Bertz CT molecular complexity index is 600. The first-order valence-electron chi connectivity index (χ1n) is 6.35. The van der Waals surface area contributed by atoms with Crippen LogP contribution in [0.25, 0.3) is 0 Å². The minimum atomic E-state index is -0.468. The second-order valence-electron chi connectivity index (χ2n) is 4.63. The van der Waals surface area contributed by atoms with E-state index >= 15 is 0 Å². The first kappa shape index (κ1) is 12.5. The summed E-state index contributed by atoms with van der Waals surface area (Å²) >= 11 is 0. The zero-order chi connectivity index (χ0) is 13.9. The molecule has 102 valence electrons. The summed E-state index contributed by atoms with van der Waals surface area (Å²) in [4.78, 5) is 15.7. The Hall–Kier alpha value is -2.56. The third-order valence-electron chi connectivity index (χ3n) is 3.11. The highest BCUT2D eigenvalue weighted by Crippen LogP contribution is 2.28. The number of nitrogen functional groups attached to an aromatic ring is 1. The zero-order valence-electron chi connectivity index (χ0n) is 10.8. The Kier molecular flexibility index (Phi) is 3.25. The predicted molar refractivity (Wildman–Crippen MR) is 73.5 cm³/mol. The molecule has 1 aromatic carbocycles. The number of pyridine rings is 1. The molecule has 0 radical (unpaired) electrons. The molecule has 0 saturated carbocycles. The lowest BCUT2D eigenvalue weighted by Gasteiger charge is -2.11. The Morgan fingerprint density at radius 3 is 2.95 bits per heavy atom. The monoisotopic (exact) mass is 270 g/mol. The van der Waals surface area contributed by atoms with Crippen LogP contribution in [0, 0.1) is 0 Å². The average Bonchev–Trinajstić information content (AvgIpc) is 2.88. The summed E-state index contributed by atoms with van der Waals surface area (Å²) in [7, 11) is 0. The minimum Gasteiger partial charge on any atom is -0.486 e. The fourth-order valence-electron chi connectivity index (χ4n) is 2.12. The maximum absolute atomic E-state index is 11.8. The van der Waals surface area contributed by atoms with Crippen LogP contribution in [0.3, 0.4) is 0 Å². The summed E-state index contributed by atoms with van der Waals surface area (Å²) in [6.07, 6.45) is 2.04. The lowest BCUT2D eigenvalue weighted by molar-refractivity contribution is 0.0340. The summed E-state index contributed by atoms with van der Waals surface area (Å²) in [5.74, 6) is 0.392. The van der Waals surface area contributed by atoms with Gasteiger partial charge in [-0.25, -0.2) is 9.78 Å². The standard InChI is InChI=1S/C15H14N2O3/c16-11-5-6-13(17-8-11)15(18)19-9-12-7-10-3-1-2-4-14(10)20-12/h1-6,8,12H,7,9,16H2. The highest BCUT2D eigenvalue weighted by atomic mass is 16.6. The molecular formula is C15H14N2O3. The number of carbonyl (C=O) groups is 1. The van der Waals surface area contributed by atoms with Crippen molar-refractivity contribution in [2.75, 3.05) is 12.3 Å². The second-order valence-corrected chi connectivity index (χ2v) is 4.63. The highest BCUT2D eigenvalue weighted by molar-refractivity contribution is 5.87. The number of nitrogens with two attached hydrogens (primary N) is 1. The van der Waals surface area contributed by atoms with Crippen molar-refractivity contribution >= 4 is 11.7 Å². The molecule has 20 heavy (non-hydrogen) atoms. The van der Waals surface area contributed by atoms with Crippen molar-refractivity contribution in [1.29, 1.82) is 0 Å². The van der Waals surface area contributed by atoms with Crippen molar-refractivity contribution in [2.24, 2.45) is 0 Å². The Morgan fingerprint density at radius 2 is 2.20 bits per heavy atom. The van der Waals surface area contributed by atoms with E-state index in [4.69, 9.17) is 15.2 Å². The Balaban J connectivity index is 1.56. The number of rotatable bonds is 3. The molecule has 5 nitrogen and oxygen atoms in total. The smallest absolute Gasteiger partial charge is 0.357 e. The summed E-state index contributed by atoms with van der Waals surface area (Å²) in [6.45, 7) is 0.208. The van der Waals surface area contributed by atoms with Crippen LogP contribution in [-0.4, -0.2) is 23.7 Å². The topological polar surface area (TPSA) is 74.4 Å². The molecule has 1 aromatic heterocycles. The molecule has 5 heteroatoms. The van der Waals surface area contributed by atoms with E-state index in [9.17, 15) is 4.79 Å². The van der Waals surface area contributed by atoms with Crippen molar-refractivity contribution < 1.29 is 14.3 Å². The van der Waals surface area contributed by atoms with Gasteiger partial charge in [-0.1, -0.05) is 18.2 Å². The van der Waals surface area contributed by atoms with E-state index in [0.717, 1.165) is 17.7 Å². The molecule has 2 heterocycles. The maximum Gasteiger partial charge on any atom is 0.357 e. The molecule has 0 saturated heterocycles. The lowest BCUT2D eigenvalue weighted by Crippen LogP contribution is -2.23. The molecule has 0 aliphatic carbocycles. The molecule has 0 bridgehead atoms. The molecule has 0 amide bonds. The van der Waals surface area contributed by atoms with Crippen molar-refractivity contribution in [3.8, 4) is 5.75 Å². The van der Waals surface area contributed by atoms with E-state index in [1.807, 2.05) is 24.3 Å². The van der Waals surface area contributed by atoms with Crippen molar-refractivity contribution in [2.45, 2.75) is 12.5 Å². The Morgan fingerprint density at radius 1 is 1.35 bits per heavy atom. The number of esters is 1. The van der Waals surface area contributed by atoms with Crippen LogP contribution in [0.2, 0.25) is 0 Å². The molecule has 2 aromatic rings. The number of fused-ring (bicyclic) bond motifs is 1. The van der Waals surface area contributed by atoms with E-state index in [0.29, 0.717) is 5.69 Å². The number of benzene rings is 1. The number of ether oxygens (including phenoxy) is 2. The van der Waals surface area contributed by atoms with Gasteiger partial charge >= 0.3 is 5.97 Å². The largest absolute Gasteiger partial charge is 0.486 e. The molecule has 1 aliphatic rings. The first-order chi connectivity index (χ1) is 9.72. The van der Waals surface area contributed by atoms with Crippen LogP contribution in [-0.2, 0) is 11.2 Å². The molecule has 2 N–H and O–H groups in total. The number of hydrogen-bond acceptors (Lipinski definition) is 5. The summed E-state index contributed by atoms with van der Waals surface area (Å²) in [5, 5.41) is 0. The predicted octanol–water partition coefficient (Wildman–Crippen LogP) is 1.82. The number of anilines is 1. The van der Waals surface area contributed by atoms with Crippen LogP contribution in [0.15, 0.2) is 42.6 Å². The SMILES string of the molecule is Nc1ccc(C(=O)OCC2Cc3ccccc3O2)nc1. The third-order valence-corrected chi connectivity index (χ3v) is 3.11. The normalized spacial score (nSPS) is 16.3. The number of aromatic nitrogens is 1. The molecule has 1 atom stereocenters. The van der Waals surface area contributed by atoms with Gasteiger partial charge in [-0.2, -0.15) is 0 Å². The molecule has 0 fully saturated rings. The van der Waals surface area contributed by atoms with Gasteiger partial charge in [-0.05, 0) is 23.8 Å². The first-order valence-corrected chi connectivity index (χ1v) is 6.35. The van der Waals surface area contributed by atoms with Crippen molar-refractivity contribution in [1.82, 2.24) is 4.98 Å². The van der Waals surface area contributed by atoms with E-state index in [1.165, 1.54) is 6.20 Å². The molecule has 0 spiro atoms. The zero-order valence-corrected chi connectivity index (χ0v) is 10.8. The Labute approximate surface area is 116 Å². The third kappa shape index (κ3) is 2.56. The van der Waals surface area contributed by atoms with Gasteiger partial charge < -0.3 is 15.2 Å². The fraction of sp³-hybridized carbons (Fsp3) is 0.200. The van der Waals surface area contributed by atoms with Gasteiger partial charge in [-0.15, -0.1) is 0 Å². The van der Waals surface area contributed by atoms with Gasteiger partial charge in [0.25, 0.3) is 0 Å². The van der Waals surface area contributed by atoms with Crippen molar-refractivity contribution in [3.05, 3.63) is 53.9 Å². The minimum absolute atomic E-state index is 0.134. The molecule has 1 aliphatic heterocycles. The van der Waals surface area contributed by atoms with Gasteiger partial charge in [0.1, 0.15) is 24.2 Å². The van der Waals surface area contributed by atoms with Crippen LogP contribution in [0.4, 0.5) is 5.69 Å². The number of para-hydroxylation sites is 1. The molecule has 1 unspecified atom stereocenters. The van der Waals surface area contributed by atoms with Gasteiger partial charge in [0.2, 0.25) is 0 Å². The molecule has 3 rings (SSSR count). The van der Waals surface area contributed by atoms with E-state index in [1.54, 1.807) is 12.1 Å². The van der Waals surface area contributed by atoms with Crippen LogP contribution >= 0.6 is 0 Å². The van der Waals surface area contributed by atoms with Gasteiger partial charge in [-0.3, -0.25) is 0 Å². The van der Waals surface area contributed by atoms with E-state index < -0.39 is 5.97 Å². The van der Waals surface area contributed by atoms with E-state index in [-0.39, 0.29) is 18.4 Å². The summed E-state index contributed by atoms with van der Waals surface area (Å²) in [6, 6.07) is 11.0. The van der Waals surface area contributed by atoms with E-state index in [2.05, 4.69) is 4.98 Å².